The first-order valence-corrected chi connectivity index (χ1v) is 11.3. The van der Waals surface area contributed by atoms with Crippen molar-refractivity contribution in [2.45, 2.75) is 26.4 Å². The minimum atomic E-state index is -0.917. The summed E-state index contributed by atoms with van der Waals surface area (Å²) in [6, 6.07) is 22.0. The predicted molar refractivity (Wildman–Crippen MR) is 134 cm³/mol. The second-order valence-electron chi connectivity index (χ2n) is 8.34. The second-order valence-corrected chi connectivity index (χ2v) is 8.34. The van der Waals surface area contributed by atoms with Crippen LogP contribution in [0.2, 0.25) is 0 Å². The van der Waals surface area contributed by atoms with Gasteiger partial charge in [-0.3, -0.25) is 0 Å². The Hall–Kier alpha value is -3.77. The molecule has 0 amide bonds. The molecule has 0 aliphatic rings. The third-order valence-electron chi connectivity index (χ3n) is 6.08. The molecule has 1 heterocycles. The lowest BCUT2D eigenvalue weighted by molar-refractivity contribution is 0.0684. The number of hydrogen-bond donors (Lipinski definition) is 2. The van der Waals surface area contributed by atoms with Crippen LogP contribution in [0.4, 0.5) is 0 Å². The number of fused-ring (bicyclic) bond motifs is 1. The predicted octanol–water partition coefficient (Wildman–Crippen LogP) is 5.05. The standard InChI is InChI=1S/C28H30N2O4/c1-19-8-10-21(11-9-19)18-30-24-7-5-4-6-22(24)23(27(30)28(31)32)17-29-15-14-20-12-13-25(33-2)26(16-20)34-3/h4-13,16,29H,14-15,17-18H2,1-3H3,(H,31,32). The fraction of sp³-hybridized carbons (Fsp3) is 0.250. The lowest BCUT2D eigenvalue weighted by Crippen LogP contribution is -2.19. The monoisotopic (exact) mass is 458 g/mol. The molecule has 0 aliphatic carbocycles. The lowest BCUT2D eigenvalue weighted by atomic mass is 10.1. The SMILES string of the molecule is COc1ccc(CCNCc2c(C(=O)O)n(Cc3ccc(C)cc3)c3ccccc23)cc1OC. The van der Waals surface area contributed by atoms with Crippen LogP contribution in [0.25, 0.3) is 10.9 Å². The summed E-state index contributed by atoms with van der Waals surface area (Å²) in [7, 11) is 3.24. The second kappa shape index (κ2) is 10.4. The van der Waals surface area contributed by atoms with Crippen LogP contribution in [-0.4, -0.2) is 36.4 Å². The number of aryl methyl sites for hydroxylation is 1. The molecule has 0 unspecified atom stereocenters. The minimum Gasteiger partial charge on any atom is -0.493 e. The van der Waals surface area contributed by atoms with Gasteiger partial charge in [-0.25, -0.2) is 4.79 Å². The van der Waals surface area contributed by atoms with E-state index in [0.29, 0.717) is 36.8 Å². The maximum Gasteiger partial charge on any atom is 0.352 e. The zero-order valence-corrected chi connectivity index (χ0v) is 19.8. The van der Waals surface area contributed by atoms with Gasteiger partial charge in [0.1, 0.15) is 5.69 Å². The number of rotatable bonds is 10. The molecule has 0 fully saturated rings. The van der Waals surface area contributed by atoms with E-state index in [1.54, 1.807) is 14.2 Å². The van der Waals surface area contributed by atoms with Crippen LogP contribution < -0.4 is 14.8 Å². The molecule has 4 aromatic rings. The van der Waals surface area contributed by atoms with Crippen LogP contribution in [0, 0.1) is 6.92 Å². The van der Waals surface area contributed by atoms with E-state index >= 15 is 0 Å². The molecule has 6 nitrogen and oxygen atoms in total. The molecule has 176 valence electrons. The first kappa shape index (κ1) is 23.4. The van der Waals surface area contributed by atoms with Crippen molar-refractivity contribution in [1.82, 2.24) is 9.88 Å². The van der Waals surface area contributed by atoms with Crippen molar-refractivity contribution in [3.8, 4) is 11.5 Å². The normalized spacial score (nSPS) is 11.0. The smallest absolute Gasteiger partial charge is 0.352 e. The van der Waals surface area contributed by atoms with Crippen molar-refractivity contribution in [3.05, 3.63) is 94.7 Å². The molecule has 2 N–H and O–H groups in total. The van der Waals surface area contributed by atoms with E-state index in [0.717, 1.165) is 34.0 Å². The molecule has 0 aliphatic heterocycles. The number of methoxy groups -OCH3 is 2. The number of aromatic nitrogens is 1. The van der Waals surface area contributed by atoms with E-state index in [9.17, 15) is 9.90 Å². The lowest BCUT2D eigenvalue weighted by Gasteiger charge is -2.11. The summed E-state index contributed by atoms with van der Waals surface area (Å²) in [5, 5.41) is 14.5. The third kappa shape index (κ3) is 4.92. The average Bonchev–Trinajstić information content (AvgIpc) is 3.16. The van der Waals surface area contributed by atoms with Crippen molar-refractivity contribution < 1.29 is 19.4 Å². The van der Waals surface area contributed by atoms with E-state index in [2.05, 4.69) is 29.6 Å². The minimum absolute atomic E-state index is 0.334. The number of ether oxygens (including phenoxy) is 2. The molecule has 0 radical (unpaired) electrons. The molecule has 3 aromatic carbocycles. The van der Waals surface area contributed by atoms with Crippen molar-refractivity contribution in [2.24, 2.45) is 0 Å². The average molecular weight is 459 g/mol. The van der Waals surface area contributed by atoms with Gasteiger partial charge in [0.2, 0.25) is 0 Å². The van der Waals surface area contributed by atoms with Crippen LogP contribution in [-0.2, 0) is 19.5 Å². The Kier molecular flexibility index (Phi) is 7.18. The number of benzene rings is 3. The van der Waals surface area contributed by atoms with Gasteiger partial charge >= 0.3 is 5.97 Å². The molecule has 34 heavy (non-hydrogen) atoms. The van der Waals surface area contributed by atoms with Crippen LogP contribution in [0.5, 0.6) is 11.5 Å². The molecule has 0 saturated carbocycles. The number of nitrogens with zero attached hydrogens (tertiary/aromatic N) is 1. The Labute approximate surface area is 199 Å². The van der Waals surface area contributed by atoms with E-state index in [-0.39, 0.29) is 0 Å². The summed E-state index contributed by atoms with van der Waals surface area (Å²) in [6.45, 7) is 3.72. The number of carboxylic acids is 1. The molecule has 0 bridgehead atoms. The summed E-state index contributed by atoms with van der Waals surface area (Å²) < 4.78 is 12.6. The maximum atomic E-state index is 12.4. The Bertz CT molecular complexity index is 1290. The fourth-order valence-electron chi connectivity index (χ4n) is 4.32. The Balaban J connectivity index is 1.56. The summed E-state index contributed by atoms with van der Waals surface area (Å²) in [4.78, 5) is 12.4. The summed E-state index contributed by atoms with van der Waals surface area (Å²) in [6.07, 6.45) is 0.783. The first-order chi connectivity index (χ1) is 16.5. The molecule has 0 spiro atoms. The van der Waals surface area contributed by atoms with Gasteiger partial charge in [0, 0.05) is 29.6 Å². The summed E-state index contributed by atoms with van der Waals surface area (Å²) in [5.41, 5.74) is 5.44. The number of carbonyl (C=O) groups is 1. The van der Waals surface area contributed by atoms with Crippen molar-refractivity contribution in [1.29, 1.82) is 0 Å². The van der Waals surface area contributed by atoms with Crippen molar-refractivity contribution >= 4 is 16.9 Å². The van der Waals surface area contributed by atoms with Gasteiger partial charge in [0.15, 0.2) is 11.5 Å². The molecular formula is C28H30N2O4. The van der Waals surface area contributed by atoms with Gasteiger partial charge in [-0.1, -0.05) is 54.1 Å². The first-order valence-electron chi connectivity index (χ1n) is 11.3. The fourth-order valence-corrected chi connectivity index (χ4v) is 4.32. The Morgan fingerprint density at radius 3 is 2.35 bits per heavy atom. The van der Waals surface area contributed by atoms with Crippen LogP contribution in [0.3, 0.4) is 0 Å². The van der Waals surface area contributed by atoms with Crippen LogP contribution in [0.1, 0.15) is 32.7 Å². The highest BCUT2D eigenvalue weighted by atomic mass is 16.5. The van der Waals surface area contributed by atoms with Crippen molar-refractivity contribution in [2.75, 3.05) is 20.8 Å². The Morgan fingerprint density at radius 2 is 1.65 bits per heavy atom. The van der Waals surface area contributed by atoms with E-state index in [1.807, 2.05) is 54.0 Å². The highest BCUT2D eigenvalue weighted by Gasteiger charge is 2.22. The van der Waals surface area contributed by atoms with Gasteiger partial charge in [-0.05, 0) is 49.2 Å². The largest absolute Gasteiger partial charge is 0.493 e. The molecule has 0 saturated heterocycles. The van der Waals surface area contributed by atoms with Gasteiger partial charge in [0.25, 0.3) is 0 Å². The number of nitrogens with one attached hydrogen (secondary N) is 1. The van der Waals surface area contributed by atoms with E-state index < -0.39 is 5.97 Å². The quantitative estimate of drug-likeness (QED) is 0.326. The van der Waals surface area contributed by atoms with Gasteiger partial charge in [0.05, 0.1) is 14.2 Å². The number of carboxylic acid groups (broad SMARTS) is 1. The van der Waals surface area contributed by atoms with Gasteiger partial charge < -0.3 is 24.5 Å². The van der Waals surface area contributed by atoms with Gasteiger partial charge in [-0.2, -0.15) is 0 Å². The number of hydrogen-bond acceptors (Lipinski definition) is 4. The summed E-state index contributed by atoms with van der Waals surface area (Å²) in [5.74, 6) is 0.485. The van der Waals surface area contributed by atoms with Gasteiger partial charge in [-0.15, -0.1) is 0 Å². The van der Waals surface area contributed by atoms with E-state index in [4.69, 9.17) is 9.47 Å². The molecule has 0 atom stereocenters. The third-order valence-corrected chi connectivity index (χ3v) is 6.08. The molecule has 6 heteroatoms. The molecule has 4 rings (SSSR count). The number of aromatic carboxylic acids is 1. The molecular weight excluding hydrogens is 428 g/mol. The maximum absolute atomic E-state index is 12.4. The topological polar surface area (TPSA) is 72.7 Å². The Morgan fingerprint density at radius 1 is 0.941 bits per heavy atom. The highest BCUT2D eigenvalue weighted by Crippen LogP contribution is 2.29. The number of para-hydroxylation sites is 1. The molecule has 1 aromatic heterocycles. The van der Waals surface area contributed by atoms with Crippen LogP contribution in [0.15, 0.2) is 66.7 Å². The zero-order chi connectivity index (χ0) is 24.1. The van der Waals surface area contributed by atoms with E-state index in [1.165, 1.54) is 5.56 Å². The highest BCUT2D eigenvalue weighted by molar-refractivity contribution is 5.98. The van der Waals surface area contributed by atoms with Crippen molar-refractivity contribution in [3.63, 3.8) is 0 Å². The van der Waals surface area contributed by atoms with Crippen LogP contribution >= 0.6 is 0 Å². The summed E-state index contributed by atoms with van der Waals surface area (Å²) >= 11 is 0. The zero-order valence-electron chi connectivity index (χ0n) is 19.8.